The topological polar surface area (TPSA) is 92.8 Å². The lowest BCUT2D eigenvalue weighted by atomic mass is 9.99. The fourth-order valence-corrected chi connectivity index (χ4v) is 5.13. The van der Waals surface area contributed by atoms with Gasteiger partial charge in [-0.1, -0.05) is 6.07 Å². The number of rotatable bonds is 5. The fraction of sp³-hybridized carbons (Fsp3) is 0.333. The molecule has 1 aliphatic rings. The van der Waals surface area contributed by atoms with Gasteiger partial charge in [0.2, 0.25) is 5.91 Å². The highest BCUT2D eigenvalue weighted by Crippen LogP contribution is 2.34. The first-order chi connectivity index (χ1) is 14.7. The molecule has 3 aromatic heterocycles. The van der Waals surface area contributed by atoms with Crippen molar-refractivity contribution in [1.82, 2.24) is 25.3 Å². The number of hydrogen-bond donors (Lipinski definition) is 2. The molecule has 4 heterocycles. The first-order valence-electron chi connectivity index (χ1n) is 9.88. The van der Waals surface area contributed by atoms with Gasteiger partial charge in [-0.05, 0) is 31.9 Å². The maximum atomic E-state index is 12.5. The summed E-state index contributed by atoms with van der Waals surface area (Å²) < 4.78 is 6.47. The molecule has 5 rings (SSSR count). The van der Waals surface area contributed by atoms with Crippen LogP contribution in [-0.2, 0) is 16.1 Å². The Morgan fingerprint density at radius 3 is 2.93 bits per heavy atom. The Balaban J connectivity index is 1.44. The molecule has 0 aliphatic carbocycles. The number of aryl methyl sites for hydroxylation is 1. The zero-order chi connectivity index (χ0) is 20.5. The van der Waals surface area contributed by atoms with E-state index in [1.165, 1.54) is 0 Å². The second-order valence-corrected chi connectivity index (χ2v) is 9.08. The second kappa shape index (κ2) is 8.25. The number of ether oxygens (including phenoxy) is 1. The third-order valence-electron chi connectivity index (χ3n) is 5.21. The average molecular weight is 440 g/mol. The van der Waals surface area contributed by atoms with Crippen molar-refractivity contribution < 1.29 is 9.53 Å². The van der Waals surface area contributed by atoms with Gasteiger partial charge in [-0.3, -0.25) is 4.79 Å². The van der Waals surface area contributed by atoms with Crippen LogP contribution in [0.3, 0.4) is 0 Å². The van der Waals surface area contributed by atoms with Crippen LogP contribution in [0.2, 0.25) is 0 Å². The van der Waals surface area contributed by atoms with Gasteiger partial charge < -0.3 is 15.0 Å². The number of H-pyrrole nitrogens is 1. The maximum absolute atomic E-state index is 12.5. The maximum Gasteiger partial charge on any atom is 0.223 e. The van der Waals surface area contributed by atoms with Crippen LogP contribution < -0.4 is 5.32 Å². The molecule has 0 saturated carbocycles. The second-order valence-electron chi connectivity index (χ2n) is 7.34. The Labute approximate surface area is 181 Å². The highest BCUT2D eigenvalue weighted by molar-refractivity contribution is 7.16. The molecule has 154 valence electrons. The van der Waals surface area contributed by atoms with Crippen LogP contribution in [0.4, 0.5) is 0 Å². The largest absolute Gasteiger partial charge is 0.381 e. The van der Waals surface area contributed by atoms with E-state index in [0.717, 1.165) is 56.5 Å². The molecule has 0 unspecified atom stereocenters. The number of benzene rings is 1. The predicted molar refractivity (Wildman–Crippen MR) is 118 cm³/mol. The number of fused-ring (bicyclic) bond motifs is 1. The zero-order valence-corrected chi connectivity index (χ0v) is 18.1. The molecule has 9 heteroatoms. The van der Waals surface area contributed by atoms with Crippen molar-refractivity contribution in [3.8, 4) is 22.0 Å². The van der Waals surface area contributed by atoms with E-state index in [1.807, 2.05) is 29.9 Å². The average Bonchev–Trinajstić information content (AvgIpc) is 3.51. The van der Waals surface area contributed by atoms with E-state index in [4.69, 9.17) is 9.72 Å². The highest BCUT2D eigenvalue weighted by Gasteiger charge is 2.22. The van der Waals surface area contributed by atoms with Crippen LogP contribution in [0.15, 0.2) is 29.1 Å². The first-order valence-corrected chi connectivity index (χ1v) is 11.6. The summed E-state index contributed by atoms with van der Waals surface area (Å²) in [6.07, 6.45) is 1.54. The molecule has 1 aliphatic heterocycles. The van der Waals surface area contributed by atoms with Crippen molar-refractivity contribution in [2.24, 2.45) is 5.92 Å². The van der Waals surface area contributed by atoms with Crippen LogP contribution >= 0.6 is 22.7 Å². The smallest absolute Gasteiger partial charge is 0.223 e. The molecule has 1 fully saturated rings. The number of hydrogen-bond acceptors (Lipinski definition) is 7. The van der Waals surface area contributed by atoms with Crippen LogP contribution in [0.25, 0.3) is 32.2 Å². The normalized spacial score (nSPS) is 15.0. The lowest BCUT2D eigenvalue weighted by Gasteiger charge is -2.20. The summed E-state index contributed by atoms with van der Waals surface area (Å²) in [5.74, 6) is 0.801. The van der Waals surface area contributed by atoms with Crippen LogP contribution in [0.5, 0.6) is 0 Å². The number of imidazole rings is 1. The lowest BCUT2D eigenvalue weighted by molar-refractivity contribution is -0.128. The molecule has 2 N–H and O–H groups in total. The van der Waals surface area contributed by atoms with Crippen molar-refractivity contribution in [3.63, 3.8) is 0 Å². The Kier molecular flexibility index (Phi) is 5.32. The number of nitrogens with zero attached hydrogens (tertiary/aromatic N) is 3. The number of amides is 1. The summed E-state index contributed by atoms with van der Waals surface area (Å²) >= 11 is 3.19. The first kappa shape index (κ1) is 19.3. The van der Waals surface area contributed by atoms with Gasteiger partial charge >= 0.3 is 0 Å². The fourth-order valence-electron chi connectivity index (χ4n) is 3.62. The van der Waals surface area contributed by atoms with Gasteiger partial charge in [0.05, 0.1) is 28.0 Å². The molecular formula is C21H21N5O2S2. The van der Waals surface area contributed by atoms with E-state index in [-0.39, 0.29) is 11.8 Å². The Bertz CT molecular complexity index is 1190. The van der Waals surface area contributed by atoms with Gasteiger partial charge in [0.1, 0.15) is 16.5 Å². The molecule has 7 nitrogen and oxygen atoms in total. The van der Waals surface area contributed by atoms with Gasteiger partial charge in [-0.25, -0.2) is 15.0 Å². The van der Waals surface area contributed by atoms with E-state index >= 15 is 0 Å². The minimum Gasteiger partial charge on any atom is -0.381 e. The third kappa shape index (κ3) is 3.88. The van der Waals surface area contributed by atoms with Crippen molar-refractivity contribution >= 4 is 38.8 Å². The van der Waals surface area contributed by atoms with Crippen LogP contribution in [0, 0.1) is 12.8 Å². The van der Waals surface area contributed by atoms with Gasteiger partial charge in [-0.15, -0.1) is 22.7 Å². The Morgan fingerprint density at radius 2 is 2.13 bits per heavy atom. The van der Waals surface area contributed by atoms with Crippen LogP contribution in [0.1, 0.15) is 24.4 Å². The number of nitrogens with one attached hydrogen (secondary N) is 2. The van der Waals surface area contributed by atoms with E-state index < -0.39 is 0 Å². The molecule has 4 aromatic rings. The van der Waals surface area contributed by atoms with E-state index in [2.05, 4.69) is 26.3 Å². The molecule has 0 bridgehead atoms. The number of aromatic nitrogens is 4. The molecule has 30 heavy (non-hydrogen) atoms. The summed E-state index contributed by atoms with van der Waals surface area (Å²) in [6.45, 7) is 3.64. The van der Waals surface area contributed by atoms with Crippen LogP contribution in [-0.4, -0.2) is 39.1 Å². The summed E-state index contributed by atoms with van der Waals surface area (Å²) in [5.41, 5.74) is 6.54. The predicted octanol–water partition coefficient (Wildman–Crippen LogP) is 4.16. The van der Waals surface area contributed by atoms with Gasteiger partial charge in [-0.2, -0.15) is 0 Å². The molecule has 0 radical (unpaired) electrons. The third-order valence-corrected chi connectivity index (χ3v) is 6.98. The minimum absolute atomic E-state index is 0.0167. The summed E-state index contributed by atoms with van der Waals surface area (Å²) in [7, 11) is 0. The molecule has 0 spiro atoms. The van der Waals surface area contributed by atoms with Crippen molar-refractivity contribution in [2.45, 2.75) is 26.3 Å². The van der Waals surface area contributed by atoms with Crippen molar-refractivity contribution in [2.75, 3.05) is 13.2 Å². The monoisotopic (exact) mass is 439 g/mol. The molecule has 1 amide bonds. The van der Waals surface area contributed by atoms with Gasteiger partial charge in [0.15, 0.2) is 0 Å². The number of carbonyl (C=O) groups is 1. The van der Waals surface area contributed by atoms with Crippen molar-refractivity contribution in [3.05, 3.63) is 40.6 Å². The van der Waals surface area contributed by atoms with Gasteiger partial charge in [0, 0.05) is 35.8 Å². The molecule has 1 aromatic carbocycles. The standard InChI is InChI=1S/C21H21N5O2S2/c1-12-10-29-21(24-12)19-18(14-2-3-15-16(8-14)30-11-23-15)25-17(26-19)9-22-20(27)13-4-6-28-7-5-13/h2-3,8,10-11,13H,4-7,9H2,1H3,(H,22,27)(H,25,26). The number of carbonyl (C=O) groups excluding carboxylic acids is 1. The summed E-state index contributed by atoms with van der Waals surface area (Å²) in [4.78, 5) is 29.7. The number of thiazole rings is 2. The molecule has 1 saturated heterocycles. The van der Waals surface area contributed by atoms with E-state index in [9.17, 15) is 4.79 Å². The van der Waals surface area contributed by atoms with Gasteiger partial charge in [0.25, 0.3) is 0 Å². The number of aromatic amines is 1. The molecular weight excluding hydrogens is 418 g/mol. The van der Waals surface area contributed by atoms with E-state index in [0.29, 0.717) is 19.8 Å². The zero-order valence-electron chi connectivity index (χ0n) is 16.5. The Hall–Kier alpha value is -2.62. The van der Waals surface area contributed by atoms with Crippen molar-refractivity contribution in [1.29, 1.82) is 0 Å². The molecule has 0 atom stereocenters. The summed E-state index contributed by atoms with van der Waals surface area (Å²) in [5, 5.41) is 5.95. The summed E-state index contributed by atoms with van der Waals surface area (Å²) in [6, 6.07) is 6.16. The quantitative estimate of drug-likeness (QED) is 0.487. The lowest BCUT2D eigenvalue weighted by Crippen LogP contribution is -2.34. The van der Waals surface area contributed by atoms with E-state index in [1.54, 1.807) is 22.7 Å². The highest BCUT2D eigenvalue weighted by atomic mass is 32.1. The SMILES string of the molecule is Cc1csc(-c2[nH]c(CNC(=O)C3CCOCC3)nc2-c2ccc3ncsc3c2)n1. The minimum atomic E-state index is 0.0167. The Morgan fingerprint density at radius 1 is 1.27 bits per heavy atom.